The summed E-state index contributed by atoms with van der Waals surface area (Å²) < 4.78 is 27.9. The Labute approximate surface area is 109 Å². The molecular weight excluding hydrogens is 341 g/mol. The molecule has 0 unspecified atom stereocenters. The lowest BCUT2D eigenvalue weighted by atomic mass is 10.2. The summed E-state index contributed by atoms with van der Waals surface area (Å²) in [4.78, 5) is 11.5. The Kier molecular flexibility index (Phi) is 3.51. The van der Waals surface area contributed by atoms with Crippen LogP contribution in [0.15, 0.2) is 35.3 Å². The highest BCUT2D eigenvalue weighted by molar-refractivity contribution is 14.1. The third-order valence-electron chi connectivity index (χ3n) is 2.17. The van der Waals surface area contributed by atoms with Crippen molar-refractivity contribution in [1.29, 1.82) is 0 Å². The van der Waals surface area contributed by atoms with Crippen LogP contribution in [-0.2, 0) is 6.54 Å². The molecule has 88 valence electrons. The van der Waals surface area contributed by atoms with E-state index in [1.165, 1.54) is 18.3 Å². The van der Waals surface area contributed by atoms with E-state index in [1.807, 2.05) is 22.6 Å². The molecule has 1 aromatic heterocycles. The zero-order chi connectivity index (χ0) is 12.4. The molecule has 2 aromatic rings. The standard InChI is InChI=1S/C11H7F2IN2O/c12-8-2-1-7(10(13)3-8)6-16-11(17)4-9(14)5-15-16/h1-5H,6H2. The van der Waals surface area contributed by atoms with Gasteiger partial charge in [0.15, 0.2) is 0 Å². The highest BCUT2D eigenvalue weighted by Gasteiger charge is 2.06. The maximum Gasteiger partial charge on any atom is 0.268 e. The summed E-state index contributed by atoms with van der Waals surface area (Å²) in [6.45, 7) is -0.0120. The van der Waals surface area contributed by atoms with Gasteiger partial charge >= 0.3 is 0 Å². The molecule has 0 N–H and O–H groups in total. The van der Waals surface area contributed by atoms with Crippen molar-refractivity contribution < 1.29 is 8.78 Å². The smallest absolute Gasteiger partial charge is 0.268 e. The summed E-state index contributed by atoms with van der Waals surface area (Å²) in [5.41, 5.74) is -0.0946. The highest BCUT2D eigenvalue weighted by Crippen LogP contribution is 2.10. The molecule has 0 saturated carbocycles. The second kappa shape index (κ2) is 4.91. The number of hydrogen-bond acceptors (Lipinski definition) is 2. The molecule has 0 radical (unpaired) electrons. The molecule has 0 aliphatic carbocycles. The van der Waals surface area contributed by atoms with Crippen molar-refractivity contribution >= 4 is 22.6 Å². The average molecular weight is 348 g/mol. The minimum atomic E-state index is -0.683. The van der Waals surface area contributed by atoms with Gasteiger partial charge in [-0.25, -0.2) is 13.5 Å². The van der Waals surface area contributed by atoms with Crippen LogP contribution in [0.4, 0.5) is 8.78 Å². The Hall–Kier alpha value is -1.31. The van der Waals surface area contributed by atoms with Gasteiger partial charge in [0.25, 0.3) is 5.56 Å². The molecule has 1 aromatic carbocycles. The van der Waals surface area contributed by atoms with Crippen LogP contribution in [0.1, 0.15) is 5.56 Å². The van der Waals surface area contributed by atoms with Crippen LogP contribution < -0.4 is 5.56 Å². The maximum atomic E-state index is 13.4. The summed E-state index contributed by atoms with van der Waals surface area (Å²) in [6.07, 6.45) is 1.50. The third-order valence-corrected chi connectivity index (χ3v) is 2.76. The quantitative estimate of drug-likeness (QED) is 0.780. The molecule has 1 heterocycles. The van der Waals surface area contributed by atoms with Gasteiger partial charge in [-0.2, -0.15) is 5.10 Å². The first-order valence-electron chi connectivity index (χ1n) is 4.73. The fourth-order valence-corrected chi connectivity index (χ4v) is 1.73. The number of benzene rings is 1. The van der Waals surface area contributed by atoms with Gasteiger partial charge in [0.2, 0.25) is 0 Å². The predicted octanol–water partition coefficient (Wildman–Crippen LogP) is 2.17. The maximum absolute atomic E-state index is 13.4. The molecule has 17 heavy (non-hydrogen) atoms. The van der Waals surface area contributed by atoms with E-state index in [0.717, 1.165) is 16.8 Å². The lowest BCUT2D eigenvalue weighted by Crippen LogP contribution is -2.23. The van der Waals surface area contributed by atoms with Gasteiger partial charge < -0.3 is 0 Å². The van der Waals surface area contributed by atoms with Crippen LogP contribution in [-0.4, -0.2) is 9.78 Å². The first-order valence-corrected chi connectivity index (χ1v) is 5.81. The molecule has 0 bridgehead atoms. The van der Waals surface area contributed by atoms with Gasteiger partial charge in [0.05, 0.1) is 12.7 Å². The van der Waals surface area contributed by atoms with Crippen LogP contribution in [0.2, 0.25) is 0 Å². The number of nitrogens with zero attached hydrogens (tertiary/aromatic N) is 2. The molecule has 0 amide bonds. The number of aromatic nitrogens is 2. The minimum absolute atomic E-state index is 0.0120. The first kappa shape index (κ1) is 12.2. The normalized spacial score (nSPS) is 10.5. The molecule has 0 aliphatic rings. The molecule has 0 aliphatic heterocycles. The van der Waals surface area contributed by atoms with E-state index in [4.69, 9.17) is 0 Å². The molecular formula is C11H7F2IN2O. The van der Waals surface area contributed by atoms with E-state index >= 15 is 0 Å². The van der Waals surface area contributed by atoms with Gasteiger partial charge in [-0.05, 0) is 28.7 Å². The Morgan fingerprint density at radius 3 is 2.71 bits per heavy atom. The molecule has 6 heteroatoms. The SMILES string of the molecule is O=c1cc(I)cnn1Cc1ccc(F)cc1F. The van der Waals surface area contributed by atoms with Crippen LogP contribution >= 0.6 is 22.6 Å². The van der Waals surface area contributed by atoms with Gasteiger partial charge in [-0.1, -0.05) is 6.07 Å². The summed E-state index contributed by atoms with van der Waals surface area (Å²) >= 11 is 1.96. The summed E-state index contributed by atoms with van der Waals surface area (Å²) in [7, 11) is 0. The van der Waals surface area contributed by atoms with Crippen LogP contribution in [0.25, 0.3) is 0 Å². The van der Waals surface area contributed by atoms with Crippen LogP contribution in [0, 0.1) is 15.2 Å². The predicted molar refractivity (Wildman–Crippen MR) is 66.7 cm³/mol. The summed E-state index contributed by atoms with van der Waals surface area (Å²) in [5, 5.41) is 3.87. The van der Waals surface area contributed by atoms with Gasteiger partial charge in [0, 0.05) is 21.3 Å². The van der Waals surface area contributed by atoms with Crippen molar-refractivity contribution in [3.05, 3.63) is 61.6 Å². The monoisotopic (exact) mass is 348 g/mol. The number of rotatable bonds is 2. The van der Waals surface area contributed by atoms with Crippen molar-refractivity contribution in [2.75, 3.05) is 0 Å². The number of halogens is 3. The Morgan fingerprint density at radius 2 is 2.06 bits per heavy atom. The lowest BCUT2D eigenvalue weighted by molar-refractivity contribution is 0.551. The van der Waals surface area contributed by atoms with Gasteiger partial charge in [-0.15, -0.1) is 0 Å². The van der Waals surface area contributed by atoms with Crippen molar-refractivity contribution in [2.24, 2.45) is 0 Å². The summed E-state index contributed by atoms with van der Waals surface area (Å²) in [6, 6.07) is 4.63. The number of hydrogen-bond donors (Lipinski definition) is 0. The second-order valence-corrected chi connectivity index (χ2v) is 4.65. The fraction of sp³-hybridized carbons (Fsp3) is 0.0909. The zero-order valence-electron chi connectivity index (χ0n) is 8.53. The minimum Gasteiger partial charge on any atom is -0.268 e. The van der Waals surface area contributed by atoms with Crippen molar-refractivity contribution in [2.45, 2.75) is 6.54 Å². The van der Waals surface area contributed by atoms with Crippen molar-refractivity contribution in [3.63, 3.8) is 0 Å². The van der Waals surface area contributed by atoms with E-state index in [9.17, 15) is 13.6 Å². The van der Waals surface area contributed by atoms with E-state index in [1.54, 1.807) is 0 Å². The highest BCUT2D eigenvalue weighted by atomic mass is 127. The van der Waals surface area contributed by atoms with Gasteiger partial charge in [-0.3, -0.25) is 4.79 Å². The lowest BCUT2D eigenvalue weighted by Gasteiger charge is -2.05. The molecule has 0 atom stereocenters. The van der Waals surface area contributed by atoms with Crippen molar-refractivity contribution in [1.82, 2.24) is 9.78 Å². The summed E-state index contributed by atoms with van der Waals surface area (Å²) in [5.74, 6) is -1.33. The third kappa shape index (κ3) is 2.87. The Morgan fingerprint density at radius 1 is 1.29 bits per heavy atom. The van der Waals surface area contributed by atoms with Crippen LogP contribution in [0.3, 0.4) is 0 Å². The van der Waals surface area contributed by atoms with Crippen molar-refractivity contribution in [3.8, 4) is 0 Å². The first-order chi connectivity index (χ1) is 8.06. The second-order valence-electron chi connectivity index (χ2n) is 3.41. The average Bonchev–Trinajstić information content (AvgIpc) is 2.25. The van der Waals surface area contributed by atoms with E-state index in [2.05, 4.69) is 5.10 Å². The molecule has 2 rings (SSSR count). The Bertz CT molecular complexity index is 613. The van der Waals surface area contributed by atoms with Gasteiger partial charge in [0.1, 0.15) is 11.6 Å². The molecule has 0 fully saturated rings. The topological polar surface area (TPSA) is 34.9 Å². The molecule has 0 saturated heterocycles. The fourth-order valence-electron chi connectivity index (χ4n) is 1.34. The van der Waals surface area contributed by atoms with E-state index < -0.39 is 11.6 Å². The largest absolute Gasteiger partial charge is 0.268 e. The molecule has 3 nitrogen and oxygen atoms in total. The van der Waals surface area contributed by atoms with E-state index in [-0.39, 0.29) is 17.7 Å². The van der Waals surface area contributed by atoms with E-state index in [0.29, 0.717) is 3.57 Å². The zero-order valence-corrected chi connectivity index (χ0v) is 10.7. The Balaban J connectivity index is 2.35. The van der Waals surface area contributed by atoms with Crippen LogP contribution in [0.5, 0.6) is 0 Å². The molecule has 0 spiro atoms.